The highest BCUT2D eigenvalue weighted by molar-refractivity contribution is 4.84. The van der Waals surface area contributed by atoms with Gasteiger partial charge in [0, 0.05) is 6.42 Å². The van der Waals surface area contributed by atoms with Crippen LogP contribution in [0.15, 0.2) is 12.4 Å². The molecule has 1 heterocycles. The summed E-state index contributed by atoms with van der Waals surface area (Å²) in [6, 6.07) is 0. The Hall–Kier alpha value is -0.790. The van der Waals surface area contributed by atoms with Gasteiger partial charge in [0.1, 0.15) is 12.4 Å². The van der Waals surface area contributed by atoms with Gasteiger partial charge in [-0.05, 0) is 32.1 Å². The van der Waals surface area contributed by atoms with Gasteiger partial charge in [-0.25, -0.2) is 9.13 Å². The Morgan fingerprint density at radius 2 is 0.795 bits per heavy atom. The first-order chi connectivity index (χ1) is 19.3. The van der Waals surface area contributed by atoms with Crippen LogP contribution in [0.1, 0.15) is 206 Å². The predicted octanol–water partition coefficient (Wildman–Crippen LogP) is 12.3. The Morgan fingerprint density at radius 3 is 1.23 bits per heavy atom. The van der Waals surface area contributed by atoms with Crippen LogP contribution in [0.5, 0.6) is 0 Å². The Bertz CT molecular complexity index is 559. The van der Waals surface area contributed by atoms with Gasteiger partial charge in [0.05, 0.1) is 13.1 Å². The van der Waals surface area contributed by atoms with Gasteiger partial charge in [-0.2, -0.15) is 0 Å². The Balaban J connectivity index is 2.20. The molecule has 0 aliphatic rings. The lowest BCUT2D eigenvalue weighted by molar-refractivity contribution is -0.704. The van der Waals surface area contributed by atoms with Crippen LogP contribution < -0.4 is 4.57 Å². The summed E-state index contributed by atoms with van der Waals surface area (Å²) in [6.45, 7) is 9.40. The largest absolute Gasteiger partial charge is 0.256 e. The fourth-order valence-corrected chi connectivity index (χ4v) is 6.15. The molecule has 2 heteroatoms. The van der Waals surface area contributed by atoms with Crippen LogP contribution in [0.3, 0.4) is 0 Å². The van der Waals surface area contributed by atoms with Crippen molar-refractivity contribution in [2.75, 3.05) is 0 Å². The Labute approximate surface area is 247 Å². The first kappa shape index (κ1) is 36.2. The molecule has 0 aliphatic heterocycles. The van der Waals surface area contributed by atoms with Crippen LogP contribution in [0.4, 0.5) is 0 Å². The summed E-state index contributed by atoms with van der Waals surface area (Å²) >= 11 is 0. The molecule has 0 saturated heterocycles. The molecule has 0 aromatic carbocycles. The molecule has 0 spiro atoms. The third kappa shape index (κ3) is 21.6. The van der Waals surface area contributed by atoms with Gasteiger partial charge in [-0.3, -0.25) is 0 Å². The maximum atomic E-state index is 2.61. The topological polar surface area (TPSA) is 8.81 Å². The Kier molecular flexibility index (Phi) is 26.7. The lowest BCUT2D eigenvalue weighted by Gasteiger charge is -2.07. The number of rotatable bonds is 31. The fraction of sp³-hybridized carbons (Fsp3) is 0.919. The molecule has 1 aromatic heterocycles. The summed E-state index contributed by atoms with van der Waals surface area (Å²) in [4.78, 5) is 0. The molecule has 0 unspecified atom stereocenters. The van der Waals surface area contributed by atoms with Crippen molar-refractivity contribution in [3.05, 3.63) is 18.2 Å². The molecule has 1 aromatic rings. The summed E-state index contributed by atoms with van der Waals surface area (Å²) in [5.74, 6) is 1.61. The number of nitrogens with zero attached hydrogens (tertiary/aromatic N) is 2. The molecule has 39 heavy (non-hydrogen) atoms. The van der Waals surface area contributed by atoms with E-state index in [0.29, 0.717) is 0 Å². The summed E-state index contributed by atoms with van der Waals surface area (Å²) in [6.07, 6.45) is 45.9. The van der Waals surface area contributed by atoms with Gasteiger partial charge in [0.15, 0.2) is 0 Å². The summed E-state index contributed by atoms with van der Waals surface area (Å²) in [5, 5.41) is 0. The quantitative estimate of drug-likeness (QED) is 0.0648. The van der Waals surface area contributed by atoms with E-state index in [1.807, 2.05) is 0 Å². The Morgan fingerprint density at radius 1 is 0.436 bits per heavy atom. The second-order valence-corrected chi connectivity index (χ2v) is 12.7. The van der Waals surface area contributed by atoms with E-state index in [4.69, 9.17) is 0 Å². The standard InChI is InChI=1S/C37H73N2/c1-4-7-10-13-15-17-19-21-23-25-27-30-33-38-35-36-39(37(38)32-29-12-9-6-3)34-31-28-26-24-22-20-18-16-14-11-8-5-2/h35-36H,4-34H2,1-3H3/q+1. The maximum Gasteiger partial charge on any atom is 0.256 e. The van der Waals surface area contributed by atoms with Crippen LogP contribution in [-0.4, -0.2) is 4.57 Å². The van der Waals surface area contributed by atoms with E-state index in [2.05, 4.69) is 42.3 Å². The van der Waals surface area contributed by atoms with Crippen LogP contribution in [0.25, 0.3) is 0 Å². The number of hydrogen-bond donors (Lipinski definition) is 0. The van der Waals surface area contributed by atoms with E-state index < -0.39 is 0 Å². The molecule has 0 saturated carbocycles. The van der Waals surface area contributed by atoms with E-state index >= 15 is 0 Å². The van der Waals surface area contributed by atoms with Gasteiger partial charge in [-0.15, -0.1) is 0 Å². The second kappa shape index (κ2) is 28.7. The van der Waals surface area contributed by atoms with E-state index in [1.54, 1.807) is 5.82 Å². The highest BCUT2D eigenvalue weighted by Gasteiger charge is 2.16. The van der Waals surface area contributed by atoms with Crippen LogP contribution >= 0.6 is 0 Å². The van der Waals surface area contributed by atoms with Crippen molar-refractivity contribution >= 4 is 0 Å². The van der Waals surface area contributed by atoms with Crippen molar-refractivity contribution in [3.63, 3.8) is 0 Å². The van der Waals surface area contributed by atoms with E-state index in [1.165, 1.54) is 199 Å². The zero-order valence-corrected chi connectivity index (χ0v) is 27.5. The monoisotopic (exact) mass is 546 g/mol. The molecule has 0 bridgehead atoms. The van der Waals surface area contributed by atoms with Crippen molar-refractivity contribution < 1.29 is 4.57 Å². The summed E-state index contributed by atoms with van der Waals surface area (Å²) < 4.78 is 5.23. The highest BCUT2D eigenvalue weighted by Crippen LogP contribution is 2.14. The summed E-state index contributed by atoms with van der Waals surface area (Å²) in [7, 11) is 0. The van der Waals surface area contributed by atoms with Crippen LogP contribution in [0.2, 0.25) is 0 Å². The molecule has 0 atom stereocenters. The zero-order valence-electron chi connectivity index (χ0n) is 27.5. The third-order valence-electron chi connectivity index (χ3n) is 8.85. The van der Waals surface area contributed by atoms with Crippen molar-refractivity contribution in [1.29, 1.82) is 0 Å². The van der Waals surface area contributed by atoms with E-state index in [0.717, 1.165) is 0 Å². The molecule has 2 nitrogen and oxygen atoms in total. The van der Waals surface area contributed by atoms with Gasteiger partial charge in [0.25, 0.3) is 5.82 Å². The van der Waals surface area contributed by atoms with Gasteiger partial charge in [-0.1, -0.05) is 168 Å². The van der Waals surface area contributed by atoms with Crippen molar-refractivity contribution in [3.8, 4) is 0 Å². The molecule has 0 fully saturated rings. The van der Waals surface area contributed by atoms with Crippen LogP contribution in [0, 0.1) is 0 Å². The second-order valence-electron chi connectivity index (χ2n) is 12.7. The predicted molar refractivity (Wildman–Crippen MR) is 175 cm³/mol. The number of aromatic nitrogens is 2. The number of hydrogen-bond acceptors (Lipinski definition) is 0. The lowest BCUT2D eigenvalue weighted by Crippen LogP contribution is -2.37. The first-order valence-electron chi connectivity index (χ1n) is 18.4. The van der Waals surface area contributed by atoms with E-state index in [9.17, 15) is 0 Å². The number of unbranched alkanes of at least 4 members (excludes halogenated alkanes) is 25. The van der Waals surface area contributed by atoms with E-state index in [-0.39, 0.29) is 0 Å². The molecular weight excluding hydrogens is 472 g/mol. The minimum absolute atomic E-state index is 1.23. The smallest absolute Gasteiger partial charge is 0.234 e. The molecule has 0 N–H and O–H groups in total. The van der Waals surface area contributed by atoms with Gasteiger partial charge >= 0.3 is 0 Å². The van der Waals surface area contributed by atoms with Crippen LogP contribution in [-0.2, 0) is 19.5 Å². The zero-order chi connectivity index (χ0) is 28.1. The number of aryl methyl sites for hydroxylation is 2. The molecule has 0 aliphatic carbocycles. The first-order valence-corrected chi connectivity index (χ1v) is 18.4. The molecule has 230 valence electrons. The SMILES string of the molecule is CCCCCCCCCCCCCCn1cc[n+](CCCCCCCCCCCCCC)c1CCCCCC. The minimum Gasteiger partial charge on any atom is -0.234 e. The maximum absolute atomic E-state index is 2.61. The normalized spacial score (nSPS) is 11.6. The van der Waals surface area contributed by atoms with Crippen molar-refractivity contribution in [2.45, 2.75) is 220 Å². The third-order valence-corrected chi connectivity index (χ3v) is 8.85. The van der Waals surface area contributed by atoms with Gasteiger partial charge < -0.3 is 0 Å². The van der Waals surface area contributed by atoms with Crippen molar-refractivity contribution in [1.82, 2.24) is 4.57 Å². The molecule has 1 rings (SSSR count). The minimum atomic E-state index is 1.23. The lowest BCUT2D eigenvalue weighted by atomic mass is 10.1. The summed E-state index contributed by atoms with van der Waals surface area (Å²) in [5.41, 5.74) is 0. The fourth-order valence-electron chi connectivity index (χ4n) is 6.15. The molecule has 0 amide bonds. The van der Waals surface area contributed by atoms with Gasteiger partial charge in [0.2, 0.25) is 0 Å². The van der Waals surface area contributed by atoms with Crippen molar-refractivity contribution in [2.24, 2.45) is 0 Å². The average molecular weight is 546 g/mol. The number of imidazole rings is 1. The molecule has 0 radical (unpaired) electrons. The molecular formula is C37H73N2+. The average Bonchev–Trinajstić information content (AvgIpc) is 3.33. The highest BCUT2D eigenvalue weighted by atomic mass is 15.1.